The van der Waals surface area contributed by atoms with E-state index >= 15 is 0 Å². The highest BCUT2D eigenvalue weighted by Gasteiger charge is 2.27. The number of phenolic OH excluding ortho intramolecular Hbond substituents is 1. The molecular weight excluding hydrogens is 452 g/mol. The summed E-state index contributed by atoms with van der Waals surface area (Å²) in [4.78, 5) is 0. The van der Waals surface area contributed by atoms with Crippen LogP contribution in [0.5, 0.6) is 11.5 Å². The van der Waals surface area contributed by atoms with E-state index in [1.807, 2.05) is 42.5 Å². The van der Waals surface area contributed by atoms with Crippen molar-refractivity contribution in [2.45, 2.75) is 52.4 Å². The number of aromatic hydroxyl groups is 1. The molecule has 4 aromatic carbocycles. The lowest BCUT2D eigenvalue weighted by molar-refractivity contribution is 0.364. The molecule has 2 heteroatoms. The first-order valence-electron chi connectivity index (χ1n) is 13.0. The Hall–Kier alpha value is -3.78. The third-order valence-electron chi connectivity index (χ3n) is 6.64. The van der Waals surface area contributed by atoms with Gasteiger partial charge in [0.1, 0.15) is 18.1 Å². The maximum Gasteiger partial charge on any atom is 0.127 e. The van der Waals surface area contributed by atoms with Crippen LogP contribution in [0.4, 0.5) is 0 Å². The van der Waals surface area contributed by atoms with Gasteiger partial charge in [0.15, 0.2) is 0 Å². The summed E-state index contributed by atoms with van der Waals surface area (Å²) in [6.07, 6.45) is 2.13. The van der Waals surface area contributed by atoms with Crippen LogP contribution >= 0.6 is 0 Å². The van der Waals surface area contributed by atoms with E-state index in [0.717, 1.165) is 44.7 Å². The number of hydrogen-bond acceptors (Lipinski definition) is 2. The first-order chi connectivity index (χ1) is 17.6. The smallest absolute Gasteiger partial charge is 0.127 e. The predicted molar refractivity (Wildman–Crippen MR) is 156 cm³/mol. The monoisotopic (exact) mass is 490 g/mol. The Bertz CT molecular complexity index is 1330. The Balaban J connectivity index is 1.74. The molecule has 0 bridgehead atoms. The molecule has 1 N–H and O–H groups in total. The van der Waals surface area contributed by atoms with Crippen LogP contribution < -0.4 is 4.74 Å². The summed E-state index contributed by atoms with van der Waals surface area (Å²) in [6, 6.07) is 32.9. The summed E-state index contributed by atoms with van der Waals surface area (Å²) in [5.74, 6) is 1.04. The van der Waals surface area contributed by atoms with Gasteiger partial charge in [0.05, 0.1) is 0 Å². The molecule has 0 aliphatic heterocycles. The second-order valence-electron chi connectivity index (χ2n) is 11.6. The Morgan fingerprint density at radius 1 is 0.703 bits per heavy atom. The van der Waals surface area contributed by atoms with Crippen molar-refractivity contribution in [2.75, 3.05) is 6.61 Å². The van der Waals surface area contributed by atoms with Crippen LogP contribution in [0.3, 0.4) is 0 Å². The molecular formula is C35H38O2. The van der Waals surface area contributed by atoms with E-state index in [1.165, 1.54) is 0 Å². The van der Waals surface area contributed by atoms with Crippen LogP contribution in [0.1, 0.15) is 63.8 Å². The summed E-state index contributed by atoms with van der Waals surface area (Å²) in [6.45, 7) is 13.5. The number of ether oxygens (including phenoxy) is 1. The fraction of sp³-hybridized carbons (Fsp3) is 0.257. The first-order valence-corrected chi connectivity index (χ1v) is 13.0. The van der Waals surface area contributed by atoms with Gasteiger partial charge in [0.25, 0.3) is 0 Å². The standard InChI is InChI=1S/C35H38O2/c1-34(2,3)27-23-30(35(4,5)6)33(31(36)24-27)29-19-13-14-20-32(29)37-22-21-28(25-15-9-7-10-16-25)26-17-11-8-12-18-26/h7-21,23-24,36H,22H2,1-6H3. The van der Waals surface area contributed by atoms with Gasteiger partial charge in [0, 0.05) is 11.1 Å². The number of rotatable bonds is 6. The fourth-order valence-corrected chi connectivity index (χ4v) is 4.59. The van der Waals surface area contributed by atoms with Crippen LogP contribution in [0.2, 0.25) is 0 Å². The molecule has 0 aromatic heterocycles. The van der Waals surface area contributed by atoms with Gasteiger partial charge in [0.2, 0.25) is 0 Å². The van der Waals surface area contributed by atoms with Crippen molar-refractivity contribution in [1.82, 2.24) is 0 Å². The van der Waals surface area contributed by atoms with E-state index in [2.05, 4.69) is 102 Å². The average molecular weight is 491 g/mol. The van der Waals surface area contributed by atoms with E-state index in [0.29, 0.717) is 12.4 Å². The number of phenols is 1. The van der Waals surface area contributed by atoms with Crippen LogP contribution in [-0.4, -0.2) is 11.7 Å². The van der Waals surface area contributed by atoms with Crippen molar-refractivity contribution in [3.8, 4) is 22.6 Å². The summed E-state index contributed by atoms with van der Waals surface area (Å²) in [5.41, 5.74) is 7.18. The quantitative estimate of drug-likeness (QED) is 0.292. The minimum Gasteiger partial charge on any atom is -0.507 e. The summed E-state index contributed by atoms with van der Waals surface area (Å²) < 4.78 is 6.40. The van der Waals surface area contributed by atoms with Gasteiger partial charge in [-0.15, -0.1) is 0 Å². The number of benzene rings is 4. The largest absolute Gasteiger partial charge is 0.507 e. The molecule has 0 aliphatic rings. The van der Waals surface area contributed by atoms with E-state index in [-0.39, 0.29) is 10.8 Å². The molecule has 0 amide bonds. The molecule has 2 nitrogen and oxygen atoms in total. The minimum atomic E-state index is -0.158. The zero-order chi connectivity index (χ0) is 26.6. The predicted octanol–water partition coefficient (Wildman–Crippen LogP) is 9.16. The molecule has 0 radical (unpaired) electrons. The maximum atomic E-state index is 11.3. The van der Waals surface area contributed by atoms with Crippen molar-refractivity contribution in [1.29, 1.82) is 0 Å². The normalized spacial score (nSPS) is 11.7. The second kappa shape index (κ2) is 10.7. The fourth-order valence-electron chi connectivity index (χ4n) is 4.59. The number of hydrogen-bond donors (Lipinski definition) is 1. The Labute approximate surface area is 222 Å². The van der Waals surface area contributed by atoms with Crippen molar-refractivity contribution in [2.24, 2.45) is 0 Å². The van der Waals surface area contributed by atoms with E-state index in [9.17, 15) is 5.11 Å². The molecule has 4 aromatic rings. The molecule has 0 aliphatic carbocycles. The molecule has 0 fully saturated rings. The lowest BCUT2D eigenvalue weighted by Crippen LogP contribution is -2.17. The van der Waals surface area contributed by atoms with Crippen molar-refractivity contribution >= 4 is 5.57 Å². The first kappa shape index (κ1) is 26.3. The Morgan fingerprint density at radius 2 is 1.24 bits per heavy atom. The molecule has 37 heavy (non-hydrogen) atoms. The maximum absolute atomic E-state index is 11.3. The van der Waals surface area contributed by atoms with Gasteiger partial charge in [-0.3, -0.25) is 0 Å². The lowest BCUT2D eigenvalue weighted by Gasteiger charge is -2.29. The molecule has 0 atom stereocenters. The van der Waals surface area contributed by atoms with Crippen LogP contribution in [-0.2, 0) is 10.8 Å². The highest BCUT2D eigenvalue weighted by atomic mass is 16.5. The Morgan fingerprint density at radius 3 is 1.78 bits per heavy atom. The van der Waals surface area contributed by atoms with Gasteiger partial charge >= 0.3 is 0 Å². The zero-order valence-electron chi connectivity index (χ0n) is 22.9. The third kappa shape index (κ3) is 6.14. The SMILES string of the molecule is CC(C)(C)c1cc(O)c(-c2ccccc2OCC=C(c2ccccc2)c2ccccc2)c(C(C)(C)C)c1. The molecule has 0 heterocycles. The van der Waals surface area contributed by atoms with Gasteiger partial charge in [-0.2, -0.15) is 0 Å². The summed E-state index contributed by atoms with van der Waals surface area (Å²) >= 11 is 0. The van der Waals surface area contributed by atoms with Gasteiger partial charge in [-0.1, -0.05) is 126 Å². The minimum absolute atomic E-state index is 0.0674. The molecule has 4 rings (SSSR count). The van der Waals surface area contributed by atoms with Crippen LogP contribution in [0, 0.1) is 0 Å². The molecule has 0 saturated carbocycles. The van der Waals surface area contributed by atoms with Crippen LogP contribution in [0.15, 0.2) is 103 Å². The zero-order valence-corrected chi connectivity index (χ0v) is 22.9. The molecule has 0 saturated heterocycles. The van der Waals surface area contributed by atoms with Crippen molar-refractivity contribution in [3.63, 3.8) is 0 Å². The molecule has 190 valence electrons. The van der Waals surface area contributed by atoms with E-state index < -0.39 is 0 Å². The Kier molecular flexibility index (Phi) is 7.59. The highest BCUT2D eigenvalue weighted by molar-refractivity contribution is 5.81. The van der Waals surface area contributed by atoms with Gasteiger partial charge in [-0.25, -0.2) is 0 Å². The average Bonchev–Trinajstić information content (AvgIpc) is 2.86. The topological polar surface area (TPSA) is 29.5 Å². The molecule has 0 unspecified atom stereocenters. The van der Waals surface area contributed by atoms with Gasteiger partial charge < -0.3 is 9.84 Å². The summed E-state index contributed by atoms with van der Waals surface area (Å²) in [5, 5.41) is 11.3. The van der Waals surface area contributed by atoms with Crippen LogP contribution in [0.25, 0.3) is 16.7 Å². The summed E-state index contributed by atoms with van der Waals surface area (Å²) in [7, 11) is 0. The lowest BCUT2D eigenvalue weighted by atomic mass is 9.76. The highest BCUT2D eigenvalue weighted by Crippen LogP contribution is 2.45. The number of para-hydroxylation sites is 1. The third-order valence-corrected chi connectivity index (χ3v) is 6.64. The van der Waals surface area contributed by atoms with Crippen molar-refractivity contribution in [3.05, 3.63) is 125 Å². The van der Waals surface area contributed by atoms with Gasteiger partial charge in [-0.05, 0) is 56.9 Å². The van der Waals surface area contributed by atoms with Crippen molar-refractivity contribution < 1.29 is 9.84 Å². The van der Waals surface area contributed by atoms with E-state index in [1.54, 1.807) is 0 Å². The van der Waals surface area contributed by atoms with E-state index in [4.69, 9.17) is 4.74 Å². The molecule has 0 spiro atoms. The second-order valence-corrected chi connectivity index (χ2v) is 11.6.